The van der Waals surface area contributed by atoms with Crippen molar-refractivity contribution in [2.45, 2.75) is 39.0 Å². The average molecular weight is 368 g/mol. The molecule has 4 heterocycles. The van der Waals surface area contributed by atoms with Crippen LogP contribution in [0.2, 0.25) is 0 Å². The van der Waals surface area contributed by atoms with Gasteiger partial charge in [-0.05, 0) is 33.2 Å². The minimum absolute atomic E-state index is 0.260. The first-order chi connectivity index (χ1) is 13.0. The van der Waals surface area contributed by atoms with Crippen LogP contribution < -0.4 is 5.73 Å². The summed E-state index contributed by atoms with van der Waals surface area (Å²) < 4.78 is 7.47. The number of rotatable bonds is 5. The number of aryl methyl sites for hydroxylation is 2. The van der Waals surface area contributed by atoms with Gasteiger partial charge in [0.2, 0.25) is 5.91 Å². The number of likely N-dealkylation sites (tertiary alicyclic amines) is 1. The molecule has 8 heteroatoms. The van der Waals surface area contributed by atoms with Gasteiger partial charge in [0.05, 0.1) is 22.6 Å². The molecule has 1 fully saturated rings. The second kappa shape index (κ2) is 7.11. The first-order valence-corrected chi connectivity index (χ1v) is 9.31. The van der Waals surface area contributed by atoms with Gasteiger partial charge < -0.3 is 15.2 Å². The highest BCUT2D eigenvalue weighted by Gasteiger charge is 2.28. The highest BCUT2D eigenvalue weighted by Crippen LogP contribution is 2.34. The molecule has 2 N–H and O–H groups in total. The van der Waals surface area contributed by atoms with Crippen LogP contribution in [0.1, 0.15) is 42.3 Å². The molecule has 1 aliphatic rings. The standard InChI is InChI=1S/C19H24N6O2/c1-12-9-18-21-10-15(16-8-13(2)23-27-16)19(25(18)22-12)14-4-3-6-24(11-14)7-5-17(20)26/h8-10,14H,3-7,11H2,1-2H3,(H2,20,26)/t14-/m0/s1. The molecule has 1 aliphatic heterocycles. The molecule has 1 atom stereocenters. The van der Waals surface area contributed by atoms with Crippen LogP contribution in [0.25, 0.3) is 17.0 Å². The zero-order valence-electron chi connectivity index (χ0n) is 15.7. The van der Waals surface area contributed by atoms with Crippen LogP contribution in [-0.2, 0) is 4.79 Å². The Balaban J connectivity index is 1.75. The van der Waals surface area contributed by atoms with Gasteiger partial charge in [0.1, 0.15) is 0 Å². The molecule has 8 nitrogen and oxygen atoms in total. The monoisotopic (exact) mass is 368 g/mol. The van der Waals surface area contributed by atoms with Gasteiger partial charge in [-0.15, -0.1) is 0 Å². The lowest BCUT2D eigenvalue weighted by atomic mass is 9.91. The molecule has 0 saturated carbocycles. The van der Waals surface area contributed by atoms with Crippen LogP contribution in [-0.4, -0.2) is 50.2 Å². The van der Waals surface area contributed by atoms with Crippen molar-refractivity contribution in [3.63, 3.8) is 0 Å². The van der Waals surface area contributed by atoms with Crippen molar-refractivity contribution in [1.29, 1.82) is 0 Å². The molecule has 0 bridgehead atoms. The molecule has 0 aromatic carbocycles. The summed E-state index contributed by atoms with van der Waals surface area (Å²) in [6.45, 7) is 6.40. The lowest BCUT2D eigenvalue weighted by Crippen LogP contribution is -2.37. The summed E-state index contributed by atoms with van der Waals surface area (Å²) in [6, 6.07) is 3.91. The van der Waals surface area contributed by atoms with Crippen molar-refractivity contribution in [2.75, 3.05) is 19.6 Å². The van der Waals surface area contributed by atoms with Gasteiger partial charge in [-0.3, -0.25) is 4.79 Å². The highest BCUT2D eigenvalue weighted by atomic mass is 16.5. The molecule has 3 aromatic heterocycles. The number of amides is 1. The SMILES string of the molecule is Cc1cc(-c2cnc3cc(C)nn3c2[C@H]2CCCN(CCC(N)=O)C2)on1. The van der Waals surface area contributed by atoms with E-state index in [-0.39, 0.29) is 11.8 Å². The number of piperidine rings is 1. The van der Waals surface area contributed by atoms with Crippen LogP contribution in [0.15, 0.2) is 22.9 Å². The number of nitrogens with zero attached hydrogens (tertiary/aromatic N) is 5. The third-order valence-corrected chi connectivity index (χ3v) is 5.10. The molecule has 1 amide bonds. The summed E-state index contributed by atoms with van der Waals surface area (Å²) in [6.07, 6.45) is 4.34. The van der Waals surface area contributed by atoms with Gasteiger partial charge in [-0.2, -0.15) is 5.10 Å². The second-order valence-corrected chi connectivity index (χ2v) is 7.30. The summed E-state index contributed by atoms with van der Waals surface area (Å²) in [5.74, 6) is 0.708. The number of hydrogen-bond donors (Lipinski definition) is 1. The average Bonchev–Trinajstić information content (AvgIpc) is 3.23. The van der Waals surface area contributed by atoms with Crippen molar-refractivity contribution in [1.82, 2.24) is 24.7 Å². The predicted octanol–water partition coefficient (Wildman–Crippen LogP) is 2.06. The zero-order valence-corrected chi connectivity index (χ0v) is 15.7. The second-order valence-electron chi connectivity index (χ2n) is 7.30. The number of nitrogens with two attached hydrogens (primary N) is 1. The van der Waals surface area contributed by atoms with Gasteiger partial charge in [-0.1, -0.05) is 5.16 Å². The fourth-order valence-electron chi connectivity index (χ4n) is 3.89. The van der Waals surface area contributed by atoms with Crippen molar-refractivity contribution in [2.24, 2.45) is 5.73 Å². The Morgan fingerprint density at radius 1 is 1.33 bits per heavy atom. The predicted molar refractivity (Wildman–Crippen MR) is 100 cm³/mol. The van der Waals surface area contributed by atoms with Gasteiger partial charge in [0.15, 0.2) is 11.4 Å². The van der Waals surface area contributed by atoms with Gasteiger partial charge in [0.25, 0.3) is 0 Å². The van der Waals surface area contributed by atoms with Crippen molar-refractivity contribution in [3.05, 3.63) is 35.4 Å². The molecule has 3 aromatic rings. The van der Waals surface area contributed by atoms with Crippen LogP contribution in [0.3, 0.4) is 0 Å². The van der Waals surface area contributed by atoms with E-state index < -0.39 is 0 Å². The minimum atomic E-state index is -0.260. The van der Waals surface area contributed by atoms with Crippen molar-refractivity contribution < 1.29 is 9.32 Å². The molecule has 1 saturated heterocycles. The van der Waals surface area contributed by atoms with E-state index in [1.807, 2.05) is 36.7 Å². The van der Waals surface area contributed by atoms with Crippen LogP contribution >= 0.6 is 0 Å². The maximum atomic E-state index is 11.2. The maximum absolute atomic E-state index is 11.2. The number of aromatic nitrogens is 4. The van der Waals surface area contributed by atoms with E-state index in [4.69, 9.17) is 10.3 Å². The Labute approximate surface area is 157 Å². The lowest BCUT2D eigenvalue weighted by molar-refractivity contribution is -0.118. The Hall–Kier alpha value is -2.74. The third-order valence-electron chi connectivity index (χ3n) is 5.10. The molecule has 27 heavy (non-hydrogen) atoms. The molecular weight excluding hydrogens is 344 g/mol. The minimum Gasteiger partial charge on any atom is -0.370 e. The Bertz CT molecular complexity index is 976. The summed E-state index contributed by atoms with van der Waals surface area (Å²) in [5.41, 5.74) is 9.93. The van der Waals surface area contributed by atoms with Gasteiger partial charge >= 0.3 is 0 Å². The fourth-order valence-corrected chi connectivity index (χ4v) is 3.89. The third kappa shape index (κ3) is 3.57. The van der Waals surface area contributed by atoms with E-state index in [9.17, 15) is 4.79 Å². The number of hydrogen-bond acceptors (Lipinski definition) is 6. The maximum Gasteiger partial charge on any atom is 0.218 e. The molecule has 142 valence electrons. The lowest BCUT2D eigenvalue weighted by Gasteiger charge is -2.33. The summed E-state index contributed by atoms with van der Waals surface area (Å²) in [7, 11) is 0. The van der Waals surface area contributed by atoms with E-state index in [1.165, 1.54) is 0 Å². The summed E-state index contributed by atoms with van der Waals surface area (Å²) >= 11 is 0. The first-order valence-electron chi connectivity index (χ1n) is 9.31. The van der Waals surface area contributed by atoms with E-state index in [0.29, 0.717) is 18.7 Å². The van der Waals surface area contributed by atoms with E-state index >= 15 is 0 Å². The zero-order chi connectivity index (χ0) is 19.0. The van der Waals surface area contributed by atoms with Crippen LogP contribution in [0, 0.1) is 13.8 Å². The number of fused-ring (bicyclic) bond motifs is 1. The Morgan fingerprint density at radius 3 is 2.93 bits per heavy atom. The van der Waals surface area contributed by atoms with Gasteiger partial charge in [0, 0.05) is 43.8 Å². The highest BCUT2D eigenvalue weighted by molar-refractivity contribution is 5.73. The first kappa shape index (κ1) is 17.7. The summed E-state index contributed by atoms with van der Waals surface area (Å²) in [5, 5.41) is 8.71. The topological polar surface area (TPSA) is 103 Å². The van der Waals surface area contributed by atoms with Gasteiger partial charge in [-0.25, -0.2) is 9.50 Å². The molecule has 4 rings (SSSR count). The summed E-state index contributed by atoms with van der Waals surface area (Å²) in [4.78, 5) is 18.0. The molecule has 0 unspecified atom stereocenters. The fraction of sp³-hybridized carbons (Fsp3) is 0.474. The van der Waals surface area contributed by atoms with E-state index in [0.717, 1.165) is 54.2 Å². The molecular formula is C19H24N6O2. The molecule has 0 aliphatic carbocycles. The number of primary amides is 1. The normalized spacial score (nSPS) is 18.2. The van der Waals surface area contributed by atoms with Crippen LogP contribution in [0.4, 0.5) is 0 Å². The molecule has 0 spiro atoms. The van der Waals surface area contributed by atoms with E-state index in [1.54, 1.807) is 0 Å². The van der Waals surface area contributed by atoms with E-state index in [2.05, 4.69) is 20.1 Å². The number of carbonyl (C=O) groups excluding carboxylic acids is 1. The largest absolute Gasteiger partial charge is 0.370 e. The quantitative estimate of drug-likeness (QED) is 0.739. The smallest absolute Gasteiger partial charge is 0.218 e. The van der Waals surface area contributed by atoms with Crippen LogP contribution in [0.5, 0.6) is 0 Å². The van der Waals surface area contributed by atoms with Crippen molar-refractivity contribution in [3.8, 4) is 11.3 Å². The van der Waals surface area contributed by atoms with Crippen molar-refractivity contribution >= 4 is 11.6 Å². The number of carbonyl (C=O) groups is 1. The molecule has 0 radical (unpaired) electrons. The Morgan fingerprint density at radius 2 is 2.19 bits per heavy atom. The Kier molecular flexibility index (Phi) is 4.65.